The van der Waals surface area contributed by atoms with Crippen LogP contribution in [-0.4, -0.2) is 36.4 Å². The van der Waals surface area contributed by atoms with Gasteiger partial charge in [-0.2, -0.15) is 4.80 Å². The van der Waals surface area contributed by atoms with Gasteiger partial charge in [0.2, 0.25) is 5.82 Å². The van der Waals surface area contributed by atoms with Crippen molar-refractivity contribution in [3.8, 4) is 22.5 Å². The number of carbonyl (C=O) groups is 1. The quantitative estimate of drug-likeness (QED) is 0.448. The van der Waals surface area contributed by atoms with Crippen molar-refractivity contribution in [2.24, 2.45) is 7.05 Å². The zero-order valence-corrected chi connectivity index (χ0v) is 15.3. The molecule has 0 aliphatic heterocycles. The summed E-state index contributed by atoms with van der Waals surface area (Å²) in [6.07, 6.45) is 1.45. The van der Waals surface area contributed by atoms with E-state index in [9.17, 15) is 9.18 Å². The Labute approximate surface area is 162 Å². The summed E-state index contributed by atoms with van der Waals surface area (Å²) in [5.74, 6) is -0.532. The van der Waals surface area contributed by atoms with Gasteiger partial charge in [0.15, 0.2) is 0 Å². The van der Waals surface area contributed by atoms with E-state index in [1.165, 1.54) is 16.5 Å². The number of rotatable bonds is 4. The highest BCUT2D eigenvalue weighted by Gasteiger charge is 2.19. The molecule has 0 saturated heterocycles. The molecule has 2 amide bonds. The molecule has 0 radical (unpaired) electrons. The van der Waals surface area contributed by atoms with Gasteiger partial charge in [-0.15, -0.1) is 10.2 Å². The summed E-state index contributed by atoms with van der Waals surface area (Å²) >= 11 is 12.2. The summed E-state index contributed by atoms with van der Waals surface area (Å²) < 4.78 is 14.6. The van der Waals surface area contributed by atoms with Crippen LogP contribution in [0.2, 0.25) is 10.0 Å². The summed E-state index contributed by atoms with van der Waals surface area (Å²) in [5, 5.41) is 22.8. The molecular weight excluding hydrogens is 400 g/mol. The molecule has 3 rings (SSSR count). The van der Waals surface area contributed by atoms with Gasteiger partial charge in [0.05, 0.1) is 29.9 Å². The molecule has 0 aliphatic rings. The minimum absolute atomic E-state index is 0.0199. The molecule has 2 heterocycles. The fraction of sp³-hybridized carbons (Fsp3) is 0.133. The molecule has 3 N–H and O–H groups in total. The number of aromatic nitrogens is 5. The minimum atomic E-state index is -0.801. The molecule has 9 nitrogen and oxygen atoms in total. The number of nitrogens with zero attached hydrogens (tertiary/aromatic N) is 5. The second-order valence-corrected chi connectivity index (χ2v) is 6.20. The normalized spacial score (nSPS) is 10.7. The average molecular weight is 412 g/mol. The summed E-state index contributed by atoms with van der Waals surface area (Å²) in [4.78, 5) is 16.4. The monoisotopic (exact) mass is 411 g/mol. The standard InChI is InChI=1S/C15H12Cl2FN7O2/c1-25-22-14(21-24-25)13-9(3-8(16)4-11(13)18)7-2-10(17)12(19-5-7)6-20-15(26)23-27/h2-5,27H,6H2,1H3,(H2,20,23,26). The van der Waals surface area contributed by atoms with Gasteiger partial charge in [-0.05, 0) is 29.0 Å². The maximum atomic E-state index is 14.6. The van der Waals surface area contributed by atoms with Crippen LogP contribution >= 0.6 is 23.2 Å². The molecule has 12 heteroatoms. The second kappa shape index (κ2) is 7.82. The van der Waals surface area contributed by atoms with Gasteiger partial charge < -0.3 is 5.32 Å². The van der Waals surface area contributed by atoms with Crippen LogP contribution < -0.4 is 10.8 Å². The molecule has 0 aliphatic carbocycles. The van der Waals surface area contributed by atoms with E-state index in [1.807, 2.05) is 0 Å². The first kappa shape index (κ1) is 19.0. The summed E-state index contributed by atoms with van der Waals surface area (Å²) in [7, 11) is 1.56. The largest absolute Gasteiger partial charge is 0.338 e. The predicted molar refractivity (Wildman–Crippen MR) is 94.6 cm³/mol. The Kier molecular flexibility index (Phi) is 5.49. The highest BCUT2D eigenvalue weighted by Crippen LogP contribution is 2.35. The fourth-order valence-electron chi connectivity index (χ4n) is 2.36. The first-order valence-corrected chi connectivity index (χ1v) is 8.20. The van der Waals surface area contributed by atoms with Crippen LogP contribution in [0.5, 0.6) is 0 Å². The Bertz CT molecular complexity index is 1010. The first-order chi connectivity index (χ1) is 12.9. The molecule has 27 heavy (non-hydrogen) atoms. The van der Waals surface area contributed by atoms with E-state index in [2.05, 4.69) is 25.7 Å². The number of carbonyl (C=O) groups excluding carboxylic acids is 1. The molecule has 0 bridgehead atoms. The number of halogens is 3. The number of urea groups is 1. The lowest BCUT2D eigenvalue weighted by molar-refractivity contribution is 0.161. The Morgan fingerprint density at radius 1 is 1.33 bits per heavy atom. The Hall–Kier alpha value is -2.82. The van der Waals surface area contributed by atoms with Crippen molar-refractivity contribution in [2.45, 2.75) is 6.54 Å². The van der Waals surface area contributed by atoms with Crippen molar-refractivity contribution in [2.75, 3.05) is 0 Å². The van der Waals surface area contributed by atoms with E-state index in [1.54, 1.807) is 19.2 Å². The van der Waals surface area contributed by atoms with Crippen molar-refractivity contribution in [3.63, 3.8) is 0 Å². The third-order valence-electron chi connectivity index (χ3n) is 3.53. The fourth-order valence-corrected chi connectivity index (χ4v) is 2.80. The number of hydrogen-bond donors (Lipinski definition) is 3. The smallest absolute Gasteiger partial charge is 0.331 e. The van der Waals surface area contributed by atoms with E-state index in [0.717, 1.165) is 6.07 Å². The highest BCUT2D eigenvalue weighted by molar-refractivity contribution is 6.32. The van der Waals surface area contributed by atoms with Gasteiger partial charge >= 0.3 is 6.03 Å². The molecule has 0 fully saturated rings. The van der Waals surface area contributed by atoms with E-state index < -0.39 is 11.8 Å². The summed E-state index contributed by atoms with van der Waals surface area (Å²) in [6, 6.07) is 3.44. The number of hydrogen-bond acceptors (Lipinski definition) is 6. The topological polar surface area (TPSA) is 118 Å². The van der Waals surface area contributed by atoms with Crippen molar-refractivity contribution in [3.05, 3.63) is 46.0 Å². The van der Waals surface area contributed by atoms with Crippen LogP contribution in [0.15, 0.2) is 24.4 Å². The average Bonchev–Trinajstić information content (AvgIpc) is 3.05. The maximum Gasteiger partial charge on any atom is 0.338 e. The summed E-state index contributed by atoms with van der Waals surface area (Å²) in [6.45, 7) is -0.0199. The lowest BCUT2D eigenvalue weighted by Crippen LogP contribution is -2.32. The Morgan fingerprint density at radius 3 is 2.74 bits per heavy atom. The van der Waals surface area contributed by atoms with Gasteiger partial charge in [0, 0.05) is 16.8 Å². The second-order valence-electron chi connectivity index (χ2n) is 5.36. The number of aryl methyl sites for hydroxylation is 1. The number of hydroxylamine groups is 1. The first-order valence-electron chi connectivity index (χ1n) is 7.45. The van der Waals surface area contributed by atoms with E-state index >= 15 is 0 Å². The van der Waals surface area contributed by atoms with Crippen LogP contribution in [0.4, 0.5) is 9.18 Å². The molecule has 0 unspecified atom stereocenters. The van der Waals surface area contributed by atoms with E-state index in [0.29, 0.717) is 16.8 Å². The Morgan fingerprint density at radius 2 is 2.11 bits per heavy atom. The molecule has 0 saturated carbocycles. The lowest BCUT2D eigenvalue weighted by Gasteiger charge is -2.11. The third kappa shape index (κ3) is 4.13. The van der Waals surface area contributed by atoms with E-state index in [-0.39, 0.29) is 28.0 Å². The molecule has 2 aromatic heterocycles. The number of pyridine rings is 1. The molecule has 3 aromatic rings. The zero-order chi connectivity index (χ0) is 19.6. The molecule has 0 spiro atoms. The Balaban J connectivity index is 2.03. The summed E-state index contributed by atoms with van der Waals surface area (Å²) in [5.41, 5.74) is 2.75. The molecular formula is C15H12Cl2FN7O2. The van der Waals surface area contributed by atoms with Gasteiger partial charge in [-0.3, -0.25) is 10.2 Å². The van der Waals surface area contributed by atoms with Gasteiger partial charge in [0.1, 0.15) is 5.82 Å². The van der Waals surface area contributed by atoms with Crippen LogP contribution in [-0.2, 0) is 13.6 Å². The van der Waals surface area contributed by atoms with Gasteiger partial charge in [-0.1, -0.05) is 23.2 Å². The van der Waals surface area contributed by atoms with E-state index in [4.69, 9.17) is 28.4 Å². The van der Waals surface area contributed by atoms with Gasteiger partial charge in [-0.25, -0.2) is 14.7 Å². The molecule has 1 aromatic carbocycles. The van der Waals surface area contributed by atoms with Crippen LogP contribution in [0.25, 0.3) is 22.5 Å². The molecule has 140 valence electrons. The predicted octanol–water partition coefficient (Wildman–Crippen LogP) is 2.57. The third-order valence-corrected chi connectivity index (χ3v) is 4.08. The van der Waals surface area contributed by atoms with Gasteiger partial charge in [0.25, 0.3) is 0 Å². The number of amides is 2. The van der Waals surface area contributed by atoms with Crippen LogP contribution in [0.1, 0.15) is 5.69 Å². The minimum Gasteiger partial charge on any atom is -0.331 e. The SMILES string of the molecule is Cn1nnc(-c2c(F)cc(Cl)cc2-c2cnc(CNC(=O)NO)c(Cl)c2)n1. The maximum absolute atomic E-state index is 14.6. The zero-order valence-electron chi connectivity index (χ0n) is 13.7. The lowest BCUT2D eigenvalue weighted by atomic mass is 9.99. The van der Waals surface area contributed by atoms with Crippen molar-refractivity contribution in [1.82, 2.24) is 36.0 Å². The number of benzene rings is 1. The highest BCUT2D eigenvalue weighted by atomic mass is 35.5. The van der Waals surface area contributed by atoms with Crippen molar-refractivity contribution >= 4 is 29.2 Å². The van der Waals surface area contributed by atoms with Crippen LogP contribution in [0.3, 0.4) is 0 Å². The van der Waals surface area contributed by atoms with Crippen molar-refractivity contribution < 1.29 is 14.4 Å². The number of nitrogens with one attached hydrogen (secondary N) is 2. The molecule has 0 atom stereocenters. The number of tetrazole rings is 1. The van der Waals surface area contributed by atoms with Crippen molar-refractivity contribution in [1.29, 1.82) is 0 Å². The van der Waals surface area contributed by atoms with Crippen LogP contribution in [0, 0.1) is 5.82 Å².